The van der Waals surface area contributed by atoms with Crippen molar-refractivity contribution in [3.63, 3.8) is 0 Å². The Morgan fingerprint density at radius 2 is 0.981 bits per heavy atom. The smallest absolute Gasteiger partial charge is 0.0637 e. The van der Waals surface area contributed by atoms with Crippen LogP contribution in [0.25, 0.3) is 93.6 Å². The van der Waals surface area contributed by atoms with Gasteiger partial charge < -0.3 is 19.4 Å². The van der Waals surface area contributed by atoms with Crippen molar-refractivity contribution in [3.8, 4) is 16.8 Å². The third-order valence-electron chi connectivity index (χ3n) is 10.6. The number of allylic oxidation sites excluding steroid dienone is 5. The molecule has 3 aromatic heterocycles. The number of nitrogens with two attached hydrogens (primary N) is 1. The van der Waals surface area contributed by atoms with Gasteiger partial charge in [-0.25, -0.2) is 0 Å². The van der Waals surface area contributed by atoms with E-state index in [2.05, 4.69) is 203 Å². The molecule has 0 aliphatic heterocycles. The van der Waals surface area contributed by atoms with Crippen LogP contribution in [0.5, 0.6) is 0 Å². The van der Waals surface area contributed by atoms with Crippen molar-refractivity contribution in [2.24, 2.45) is 5.73 Å². The summed E-state index contributed by atoms with van der Waals surface area (Å²) in [6.07, 6.45) is 8.21. The van der Waals surface area contributed by atoms with E-state index in [-0.39, 0.29) is 0 Å². The second-order valence-corrected chi connectivity index (χ2v) is 13.5. The number of nitrogens with zero attached hydrogens (tertiary/aromatic N) is 3. The normalized spacial score (nSPS) is 12.8. The highest BCUT2D eigenvalue weighted by atomic mass is 15.0. The van der Waals surface area contributed by atoms with E-state index in [0.717, 1.165) is 39.1 Å². The molecule has 0 unspecified atom stereocenters. The molecule has 4 nitrogen and oxygen atoms in total. The Balaban J connectivity index is 1.21. The summed E-state index contributed by atoms with van der Waals surface area (Å²) in [5, 5.41) is 7.30. The van der Waals surface area contributed by atoms with Gasteiger partial charge in [0.1, 0.15) is 0 Å². The van der Waals surface area contributed by atoms with Crippen LogP contribution in [0.3, 0.4) is 0 Å². The van der Waals surface area contributed by atoms with Crippen molar-refractivity contribution in [3.05, 3.63) is 188 Å². The molecule has 0 aliphatic carbocycles. The predicted octanol–water partition coefficient (Wildman–Crippen LogP) is 12.5. The van der Waals surface area contributed by atoms with Crippen molar-refractivity contribution in [1.29, 1.82) is 0 Å². The standard InChI is InChI=1S/C49H36N4/c1-2-15-35(31-36(32-50)52-44-24-10-6-18-38(44)39-19-7-11-25-45(39)52)51-46-26-12-9-21-41(46)43-30-33(28-29-48(43)51)37-22-14-23-42-40-20-8-13-27-47(40)53(49(37)42)34-16-4-3-5-17-34/h2-32H,50H2,1H3/b15-2+,35-31+,36-32+. The summed E-state index contributed by atoms with van der Waals surface area (Å²) in [5.41, 5.74) is 18.9. The molecule has 53 heavy (non-hydrogen) atoms. The Morgan fingerprint density at radius 1 is 0.472 bits per heavy atom. The first-order valence-corrected chi connectivity index (χ1v) is 18.1. The predicted molar refractivity (Wildman–Crippen MR) is 226 cm³/mol. The van der Waals surface area contributed by atoms with E-state index in [9.17, 15) is 0 Å². The van der Waals surface area contributed by atoms with Crippen LogP contribution in [-0.4, -0.2) is 13.7 Å². The average Bonchev–Trinajstić information content (AvgIpc) is 3.86. The van der Waals surface area contributed by atoms with Gasteiger partial charge in [0.2, 0.25) is 0 Å². The van der Waals surface area contributed by atoms with Crippen LogP contribution < -0.4 is 5.73 Å². The van der Waals surface area contributed by atoms with E-state index in [0.29, 0.717) is 0 Å². The number of aromatic nitrogens is 3. The van der Waals surface area contributed by atoms with E-state index in [1.807, 2.05) is 0 Å². The number of para-hydroxylation sites is 6. The number of fused-ring (bicyclic) bond motifs is 9. The molecule has 4 heteroatoms. The molecule has 2 N–H and O–H groups in total. The summed E-state index contributed by atoms with van der Waals surface area (Å²) in [6, 6.07) is 58.8. The van der Waals surface area contributed by atoms with Gasteiger partial charge in [-0.05, 0) is 73.2 Å². The lowest BCUT2D eigenvalue weighted by Crippen LogP contribution is -2.01. The van der Waals surface area contributed by atoms with E-state index in [1.165, 1.54) is 54.5 Å². The molecule has 3 heterocycles. The van der Waals surface area contributed by atoms with Crippen molar-refractivity contribution in [2.45, 2.75) is 6.92 Å². The van der Waals surface area contributed by atoms with Gasteiger partial charge in [0.15, 0.2) is 0 Å². The zero-order valence-corrected chi connectivity index (χ0v) is 29.3. The number of hydrogen-bond acceptors (Lipinski definition) is 1. The fourth-order valence-electron chi connectivity index (χ4n) is 8.41. The molecule has 0 spiro atoms. The quantitative estimate of drug-likeness (QED) is 0.175. The third-order valence-corrected chi connectivity index (χ3v) is 10.6. The van der Waals surface area contributed by atoms with E-state index in [1.54, 1.807) is 6.20 Å². The van der Waals surface area contributed by atoms with Crippen molar-refractivity contribution in [2.75, 3.05) is 0 Å². The number of rotatable bonds is 6. The first-order valence-electron chi connectivity index (χ1n) is 18.1. The van der Waals surface area contributed by atoms with Gasteiger partial charge in [0.05, 0.1) is 38.8 Å². The van der Waals surface area contributed by atoms with Crippen molar-refractivity contribution in [1.82, 2.24) is 13.7 Å². The zero-order valence-electron chi connectivity index (χ0n) is 29.3. The minimum atomic E-state index is 0.901. The van der Waals surface area contributed by atoms with E-state index >= 15 is 0 Å². The van der Waals surface area contributed by atoms with Gasteiger partial charge in [-0.15, -0.1) is 0 Å². The Bertz CT molecular complexity index is 3070. The SMILES string of the molecule is C/C=C/C(=C\C(=C/N)n1c2ccccc2c2ccccc21)n1c2ccccc2c2cc(-c3cccc4c5ccccc5n(-c5ccccc5)c34)ccc21. The Morgan fingerprint density at radius 3 is 1.60 bits per heavy atom. The van der Waals surface area contributed by atoms with Gasteiger partial charge in [0.25, 0.3) is 0 Å². The van der Waals surface area contributed by atoms with E-state index < -0.39 is 0 Å². The molecule has 0 saturated heterocycles. The molecule has 0 fully saturated rings. The second-order valence-electron chi connectivity index (χ2n) is 13.5. The molecule has 252 valence electrons. The fourth-order valence-corrected chi connectivity index (χ4v) is 8.41. The van der Waals surface area contributed by atoms with Crippen LogP contribution in [0.15, 0.2) is 188 Å². The first-order chi connectivity index (χ1) is 26.2. The molecule has 0 bridgehead atoms. The lowest BCUT2D eigenvalue weighted by Gasteiger charge is -2.14. The van der Waals surface area contributed by atoms with Crippen LogP contribution in [0, 0.1) is 0 Å². The molecule has 0 aliphatic rings. The highest BCUT2D eigenvalue weighted by Crippen LogP contribution is 2.41. The van der Waals surface area contributed by atoms with Gasteiger partial charge in [-0.3, -0.25) is 0 Å². The van der Waals surface area contributed by atoms with Crippen LogP contribution in [0.1, 0.15) is 6.92 Å². The van der Waals surface area contributed by atoms with Crippen molar-refractivity contribution >= 4 is 76.8 Å². The average molecular weight is 681 g/mol. The highest BCUT2D eigenvalue weighted by Gasteiger charge is 2.19. The Kier molecular flexibility index (Phi) is 7.15. The van der Waals surface area contributed by atoms with Gasteiger partial charge in [-0.2, -0.15) is 0 Å². The topological polar surface area (TPSA) is 40.8 Å². The lowest BCUT2D eigenvalue weighted by molar-refractivity contribution is 1.18. The summed E-state index contributed by atoms with van der Waals surface area (Å²) in [7, 11) is 0. The number of benzene rings is 7. The summed E-state index contributed by atoms with van der Waals surface area (Å²) in [4.78, 5) is 0. The van der Waals surface area contributed by atoms with Crippen molar-refractivity contribution < 1.29 is 0 Å². The van der Waals surface area contributed by atoms with Crippen LogP contribution in [0.4, 0.5) is 0 Å². The summed E-state index contributed by atoms with van der Waals surface area (Å²) < 4.78 is 7.05. The van der Waals surface area contributed by atoms with E-state index in [4.69, 9.17) is 5.73 Å². The van der Waals surface area contributed by atoms with Crippen LogP contribution in [-0.2, 0) is 0 Å². The zero-order chi connectivity index (χ0) is 35.5. The molecule has 0 radical (unpaired) electrons. The Labute approximate surface area is 307 Å². The maximum atomic E-state index is 6.52. The van der Waals surface area contributed by atoms with Crippen LogP contribution >= 0.6 is 0 Å². The second kappa shape index (κ2) is 12.3. The van der Waals surface area contributed by atoms with Gasteiger partial charge >= 0.3 is 0 Å². The first kappa shape index (κ1) is 30.8. The van der Waals surface area contributed by atoms with Crippen LogP contribution in [0.2, 0.25) is 0 Å². The molecule has 0 saturated carbocycles. The third kappa shape index (κ3) is 4.69. The summed E-state index contributed by atoms with van der Waals surface area (Å²) in [6.45, 7) is 2.07. The lowest BCUT2D eigenvalue weighted by atomic mass is 10.00. The molecule has 10 rings (SSSR count). The minimum absolute atomic E-state index is 0.901. The molecule has 0 amide bonds. The number of hydrogen-bond donors (Lipinski definition) is 1. The summed E-state index contributed by atoms with van der Waals surface area (Å²) >= 11 is 0. The molecule has 10 aromatic rings. The fraction of sp³-hybridized carbons (Fsp3) is 0.0204. The molecular weight excluding hydrogens is 645 g/mol. The highest BCUT2D eigenvalue weighted by molar-refractivity contribution is 6.16. The maximum absolute atomic E-state index is 6.52. The maximum Gasteiger partial charge on any atom is 0.0637 e. The largest absolute Gasteiger partial charge is 0.403 e. The summed E-state index contributed by atoms with van der Waals surface area (Å²) in [5.74, 6) is 0. The monoisotopic (exact) mass is 680 g/mol. The van der Waals surface area contributed by atoms with Gasteiger partial charge in [0, 0.05) is 55.5 Å². The Hall–Kier alpha value is -7.04. The molecule has 0 atom stereocenters. The molecule has 7 aromatic carbocycles. The van der Waals surface area contributed by atoms with Gasteiger partial charge in [-0.1, -0.05) is 121 Å². The molecular formula is C49H36N4. The minimum Gasteiger partial charge on any atom is -0.403 e.